The van der Waals surface area contributed by atoms with Crippen molar-refractivity contribution in [3.05, 3.63) is 65.7 Å². The van der Waals surface area contributed by atoms with E-state index < -0.39 is 35.8 Å². The molecule has 0 aliphatic carbocycles. The first-order chi connectivity index (χ1) is 19.4. The minimum atomic E-state index is -1.19. The number of likely N-dealkylation sites (N-methyl/N-ethyl adjacent to an activating group) is 1. The fourth-order valence-electron chi connectivity index (χ4n) is 4.41. The van der Waals surface area contributed by atoms with Crippen LogP contribution in [0.5, 0.6) is 0 Å². The van der Waals surface area contributed by atoms with Crippen LogP contribution in [0.1, 0.15) is 52.2 Å². The maximum Gasteiger partial charge on any atom is 0.410 e. The van der Waals surface area contributed by atoms with Gasteiger partial charge in [0.15, 0.2) is 0 Å². The number of carbonyl (C=O) groups is 3. The van der Waals surface area contributed by atoms with Crippen LogP contribution >= 0.6 is 0 Å². The minimum absolute atomic E-state index is 0.0525. The Hall–Kier alpha value is -3.59. The standard InChI is InChI=1S/C32H44N2O7/c1-23(2)20-27(33(6)31(37)41-32(3,4)5)29(35)40-28(30(36)39-22-25-10-8-7-9-11-25)21-24-12-14-26(15-13-24)34-16-18-38-19-17-34/h7-15,23,27-28H,16-22H2,1-6H3/t27-,28?/m0/s1. The summed E-state index contributed by atoms with van der Waals surface area (Å²) in [7, 11) is 1.51. The number of hydrogen-bond acceptors (Lipinski definition) is 8. The lowest BCUT2D eigenvalue weighted by atomic mass is 10.0. The highest BCUT2D eigenvalue weighted by Crippen LogP contribution is 2.21. The molecule has 0 bridgehead atoms. The van der Waals surface area contributed by atoms with E-state index in [4.69, 9.17) is 18.9 Å². The maximum atomic E-state index is 13.5. The van der Waals surface area contributed by atoms with Crippen molar-refractivity contribution in [2.45, 2.75) is 71.8 Å². The average molecular weight is 569 g/mol. The number of anilines is 1. The third kappa shape index (κ3) is 10.4. The lowest BCUT2D eigenvalue weighted by molar-refractivity contribution is -0.171. The van der Waals surface area contributed by atoms with Crippen LogP contribution in [-0.4, -0.2) is 74.0 Å². The molecule has 224 valence electrons. The Labute approximate surface area is 243 Å². The summed E-state index contributed by atoms with van der Waals surface area (Å²) >= 11 is 0. The summed E-state index contributed by atoms with van der Waals surface area (Å²) in [4.78, 5) is 43.1. The first kappa shape index (κ1) is 31.9. The van der Waals surface area contributed by atoms with Gasteiger partial charge < -0.3 is 23.8 Å². The molecule has 1 aliphatic rings. The quantitative estimate of drug-likeness (QED) is 0.276. The van der Waals surface area contributed by atoms with Crippen LogP contribution in [0.3, 0.4) is 0 Å². The average Bonchev–Trinajstić information content (AvgIpc) is 2.94. The number of rotatable bonds is 11. The largest absolute Gasteiger partial charge is 0.458 e. The van der Waals surface area contributed by atoms with Crippen molar-refractivity contribution in [1.82, 2.24) is 4.90 Å². The van der Waals surface area contributed by atoms with Gasteiger partial charge in [-0.25, -0.2) is 14.4 Å². The van der Waals surface area contributed by atoms with Crippen molar-refractivity contribution in [3.8, 4) is 0 Å². The molecule has 1 unspecified atom stereocenters. The van der Waals surface area contributed by atoms with Gasteiger partial charge in [0, 0.05) is 32.2 Å². The van der Waals surface area contributed by atoms with E-state index in [1.807, 2.05) is 68.4 Å². The number of benzene rings is 2. The van der Waals surface area contributed by atoms with Crippen molar-refractivity contribution < 1.29 is 33.3 Å². The number of esters is 2. The number of nitrogens with zero attached hydrogens (tertiary/aromatic N) is 2. The zero-order valence-corrected chi connectivity index (χ0v) is 25.1. The van der Waals surface area contributed by atoms with Crippen LogP contribution in [0.2, 0.25) is 0 Å². The molecule has 0 spiro atoms. The van der Waals surface area contributed by atoms with Crippen LogP contribution in [0, 0.1) is 5.92 Å². The van der Waals surface area contributed by atoms with E-state index in [0.29, 0.717) is 19.6 Å². The molecule has 0 radical (unpaired) electrons. The fraction of sp³-hybridized carbons (Fsp3) is 0.531. The Morgan fingerprint density at radius 1 is 0.927 bits per heavy atom. The van der Waals surface area contributed by atoms with Gasteiger partial charge in [-0.15, -0.1) is 0 Å². The van der Waals surface area contributed by atoms with E-state index >= 15 is 0 Å². The van der Waals surface area contributed by atoms with Crippen LogP contribution in [0.4, 0.5) is 10.5 Å². The predicted octanol–water partition coefficient (Wildman–Crippen LogP) is 5.00. The lowest BCUT2D eigenvalue weighted by Gasteiger charge is -2.31. The number of morpholine rings is 1. The summed E-state index contributed by atoms with van der Waals surface area (Å²) in [6.07, 6.45) is -1.36. The van der Waals surface area contributed by atoms with Gasteiger partial charge in [-0.05, 0) is 56.4 Å². The normalized spacial score (nSPS) is 15.1. The molecular weight excluding hydrogens is 524 g/mol. The van der Waals surface area contributed by atoms with Gasteiger partial charge in [0.1, 0.15) is 18.2 Å². The molecule has 1 aliphatic heterocycles. The first-order valence-electron chi connectivity index (χ1n) is 14.2. The first-order valence-corrected chi connectivity index (χ1v) is 14.2. The van der Waals surface area contributed by atoms with Gasteiger partial charge in [0.25, 0.3) is 0 Å². The highest BCUT2D eigenvalue weighted by Gasteiger charge is 2.35. The molecule has 0 saturated carbocycles. The molecule has 2 aromatic rings. The van der Waals surface area contributed by atoms with Gasteiger partial charge in [-0.1, -0.05) is 56.3 Å². The molecule has 2 atom stereocenters. The van der Waals surface area contributed by atoms with Crippen LogP contribution in [-0.2, 0) is 41.6 Å². The Kier molecular flexibility index (Phi) is 11.6. The third-order valence-electron chi connectivity index (χ3n) is 6.59. The van der Waals surface area contributed by atoms with Crippen LogP contribution < -0.4 is 4.90 Å². The summed E-state index contributed by atoms with van der Waals surface area (Å²) < 4.78 is 22.3. The minimum Gasteiger partial charge on any atom is -0.458 e. The molecule has 9 heteroatoms. The molecule has 1 heterocycles. The smallest absolute Gasteiger partial charge is 0.410 e. The van der Waals surface area contributed by atoms with E-state index in [1.54, 1.807) is 20.8 Å². The third-order valence-corrected chi connectivity index (χ3v) is 6.59. The van der Waals surface area contributed by atoms with Gasteiger partial charge in [0.05, 0.1) is 13.2 Å². The van der Waals surface area contributed by atoms with Crippen molar-refractivity contribution in [1.29, 1.82) is 0 Å². The predicted molar refractivity (Wildman–Crippen MR) is 157 cm³/mol. The summed E-state index contributed by atoms with van der Waals surface area (Å²) in [5, 5.41) is 0. The highest BCUT2D eigenvalue weighted by molar-refractivity contribution is 5.85. The molecule has 9 nitrogen and oxygen atoms in total. The summed E-state index contributed by atoms with van der Waals surface area (Å²) in [6, 6.07) is 16.2. The molecule has 3 rings (SSSR count). The van der Waals surface area contributed by atoms with Crippen molar-refractivity contribution in [3.63, 3.8) is 0 Å². The zero-order valence-electron chi connectivity index (χ0n) is 25.1. The second-order valence-electron chi connectivity index (χ2n) is 11.7. The Morgan fingerprint density at radius 3 is 2.15 bits per heavy atom. The summed E-state index contributed by atoms with van der Waals surface area (Å²) in [6.45, 7) is 12.2. The zero-order chi connectivity index (χ0) is 30.0. The van der Waals surface area contributed by atoms with Gasteiger partial charge in [0.2, 0.25) is 6.10 Å². The number of ether oxygens (including phenoxy) is 4. The van der Waals surface area contributed by atoms with Crippen molar-refractivity contribution >= 4 is 23.7 Å². The van der Waals surface area contributed by atoms with E-state index in [0.717, 1.165) is 29.9 Å². The van der Waals surface area contributed by atoms with Gasteiger partial charge >= 0.3 is 18.0 Å². The molecule has 1 saturated heterocycles. The molecule has 1 amide bonds. The Morgan fingerprint density at radius 2 is 1.56 bits per heavy atom. The Balaban J connectivity index is 1.78. The van der Waals surface area contributed by atoms with Gasteiger partial charge in [-0.2, -0.15) is 0 Å². The molecule has 0 aromatic heterocycles. The van der Waals surface area contributed by atoms with Gasteiger partial charge in [-0.3, -0.25) is 4.90 Å². The van der Waals surface area contributed by atoms with Crippen molar-refractivity contribution in [2.24, 2.45) is 5.92 Å². The monoisotopic (exact) mass is 568 g/mol. The molecular formula is C32H44N2O7. The second kappa shape index (κ2) is 14.9. The number of amides is 1. The van der Waals surface area contributed by atoms with Crippen molar-refractivity contribution in [2.75, 3.05) is 38.3 Å². The summed E-state index contributed by atoms with van der Waals surface area (Å²) in [5.74, 6) is -1.25. The SMILES string of the molecule is CC(C)C[C@@H](C(=O)OC(Cc1ccc(N2CCOCC2)cc1)C(=O)OCc1ccccc1)N(C)C(=O)OC(C)(C)C. The lowest BCUT2D eigenvalue weighted by Crippen LogP contribution is -2.47. The van der Waals surface area contributed by atoms with E-state index in [9.17, 15) is 14.4 Å². The maximum absolute atomic E-state index is 13.5. The molecule has 2 aromatic carbocycles. The number of carbonyl (C=O) groups excluding carboxylic acids is 3. The second-order valence-corrected chi connectivity index (χ2v) is 11.7. The van der Waals surface area contributed by atoms with Crippen LogP contribution in [0.15, 0.2) is 54.6 Å². The molecule has 0 N–H and O–H groups in total. The Bertz CT molecular complexity index is 1120. The fourth-order valence-corrected chi connectivity index (χ4v) is 4.41. The van der Waals surface area contributed by atoms with E-state index in [1.165, 1.54) is 11.9 Å². The van der Waals surface area contributed by atoms with E-state index in [2.05, 4.69) is 4.90 Å². The van der Waals surface area contributed by atoms with Crippen LogP contribution in [0.25, 0.3) is 0 Å². The molecule has 1 fully saturated rings. The number of hydrogen-bond donors (Lipinski definition) is 0. The molecule has 41 heavy (non-hydrogen) atoms. The topological polar surface area (TPSA) is 94.6 Å². The summed E-state index contributed by atoms with van der Waals surface area (Å²) in [5.41, 5.74) is 1.98. The van der Waals surface area contributed by atoms with E-state index in [-0.39, 0.29) is 18.9 Å². The highest BCUT2D eigenvalue weighted by atomic mass is 16.6.